The lowest BCUT2D eigenvalue weighted by Gasteiger charge is -2.14. The van der Waals surface area contributed by atoms with Crippen molar-refractivity contribution in [3.05, 3.63) is 28.1 Å². The van der Waals surface area contributed by atoms with Gasteiger partial charge in [0.1, 0.15) is 10.7 Å². The second-order valence-corrected chi connectivity index (χ2v) is 5.62. The van der Waals surface area contributed by atoms with Crippen LogP contribution in [0.15, 0.2) is 17.5 Å². The zero-order valence-corrected chi connectivity index (χ0v) is 11.6. The van der Waals surface area contributed by atoms with Crippen LogP contribution in [0.5, 0.6) is 0 Å². The van der Waals surface area contributed by atoms with E-state index in [-0.39, 0.29) is 0 Å². The van der Waals surface area contributed by atoms with Gasteiger partial charge in [-0.3, -0.25) is 4.90 Å². The molecular formula is C11H16N4S2. The first-order chi connectivity index (χ1) is 8.29. The molecule has 1 N–H and O–H groups in total. The van der Waals surface area contributed by atoms with E-state index in [1.807, 2.05) is 0 Å². The number of thiophene rings is 1. The van der Waals surface area contributed by atoms with E-state index in [1.165, 1.54) is 16.4 Å². The lowest BCUT2D eigenvalue weighted by atomic mass is 10.3. The van der Waals surface area contributed by atoms with E-state index in [9.17, 15) is 0 Å². The highest BCUT2D eigenvalue weighted by Crippen LogP contribution is 2.20. The Labute approximate surface area is 109 Å². The summed E-state index contributed by atoms with van der Waals surface area (Å²) in [6.07, 6.45) is 0. The van der Waals surface area contributed by atoms with Crippen LogP contribution in [0.4, 0.5) is 5.00 Å². The monoisotopic (exact) mass is 268 g/mol. The topological polar surface area (TPSA) is 41.1 Å². The third-order valence-corrected chi connectivity index (χ3v) is 3.91. The van der Waals surface area contributed by atoms with Gasteiger partial charge in [-0.05, 0) is 25.4 Å². The first-order valence-electron chi connectivity index (χ1n) is 5.55. The van der Waals surface area contributed by atoms with E-state index in [0.29, 0.717) is 0 Å². The maximum Gasteiger partial charge on any atom is 0.134 e. The van der Waals surface area contributed by atoms with Crippen molar-refractivity contribution in [3.63, 3.8) is 0 Å². The Morgan fingerprint density at radius 3 is 3.00 bits per heavy atom. The van der Waals surface area contributed by atoms with Crippen molar-refractivity contribution in [2.45, 2.75) is 20.0 Å². The smallest absolute Gasteiger partial charge is 0.134 e. The van der Waals surface area contributed by atoms with Gasteiger partial charge in [0.15, 0.2) is 0 Å². The summed E-state index contributed by atoms with van der Waals surface area (Å²) < 4.78 is 4.00. The fraction of sp³-hybridized carbons (Fsp3) is 0.455. The molecule has 17 heavy (non-hydrogen) atoms. The van der Waals surface area contributed by atoms with Crippen molar-refractivity contribution in [3.8, 4) is 0 Å². The van der Waals surface area contributed by atoms with Crippen LogP contribution in [0.25, 0.3) is 0 Å². The standard InChI is InChI=1S/C11H16N4S2/c1-3-12-11-10(13-14-17-11)8-15(2)7-9-5-4-6-16-9/h4-6,12H,3,7-8H2,1-2H3. The van der Waals surface area contributed by atoms with E-state index in [1.54, 1.807) is 11.3 Å². The molecule has 0 amide bonds. The van der Waals surface area contributed by atoms with Gasteiger partial charge in [-0.2, -0.15) is 0 Å². The second kappa shape index (κ2) is 6.09. The molecule has 0 fully saturated rings. The molecule has 4 nitrogen and oxygen atoms in total. The molecule has 0 aliphatic carbocycles. The number of aromatic nitrogens is 2. The first kappa shape index (κ1) is 12.5. The zero-order chi connectivity index (χ0) is 12.1. The van der Waals surface area contributed by atoms with Crippen LogP contribution < -0.4 is 5.32 Å². The summed E-state index contributed by atoms with van der Waals surface area (Å²) in [5.41, 5.74) is 1.04. The van der Waals surface area contributed by atoms with Crippen molar-refractivity contribution in [2.75, 3.05) is 18.9 Å². The minimum Gasteiger partial charge on any atom is -0.374 e. The summed E-state index contributed by atoms with van der Waals surface area (Å²) in [6.45, 7) is 4.78. The van der Waals surface area contributed by atoms with Gasteiger partial charge in [0.05, 0.1) is 0 Å². The van der Waals surface area contributed by atoms with Crippen LogP contribution in [0, 0.1) is 0 Å². The normalized spacial score (nSPS) is 11.0. The summed E-state index contributed by atoms with van der Waals surface area (Å²) in [5, 5.41) is 10.7. The lowest BCUT2D eigenvalue weighted by molar-refractivity contribution is 0.318. The van der Waals surface area contributed by atoms with Crippen LogP contribution >= 0.6 is 22.9 Å². The Bertz CT molecular complexity index is 438. The Morgan fingerprint density at radius 2 is 2.29 bits per heavy atom. The summed E-state index contributed by atoms with van der Waals surface area (Å²) in [7, 11) is 2.11. The molecule has 0 radical (unpaired) electrons. The van der Waals surface area contributed by atoms with Crippen molar-refractivity contribution < 1.29 is 0 Å². The van der Waals surface area contributed by atoms with Crippen LogP contribution in [-0.4, -0.2) is 28.1 Å². The molecule has 0 saturated heterocycles. The molecule has 0 unspecified atom stereocenters. The molecule has 0 aliphatic heterocycles. The van der Waals surface area contributed by atoms with Crippen molar-refractivity contribution in [2.24, 2.45) is 0 Å². The fourth-order valence-electron chi connectivity index (χ4n) is 1.59. The first-order valence-corrected chi connectivity index (χ1v) is 7.21. The largest absolute Gasteiger partial charge is 0.374 e. The fourth-order valence-corrected chi connectivity index (χ4v) is 3.01. The zero-order valence-electron chi connectivity index (χ0n) is 10.0. The molecule has 6 heteroatoms. The van der Waals surface area contributed by atoms with Crippen LogP contribution in [0.2, 0.25) is 0 Å². The minimum atomic E-state index is 0.830. The number of hydrogen-bond donors (Lipinski definition) is 1. The molecular weight excluding hydrogens is 252 g/mol. The maximum absolute atomic E-state index is 4.17. The molecule has 0 saturated carbocycles. The third kappa shape index (κ3) is 3.49. The number of hydrogen-bond acceptors (Lipinski definition) is 6. The molecule has 2 aromatic heterocycles. The quantitative estimate of drug-likeness (QED) is 0.874. The second-order valence-electron chi connectivity index (χ2n) is 3.83. The van der Waals surface area contributed by atoms with Crippen LogP contribution in [0.3, 0.4) is 0 Å². The van der Waals surface area contributed by atoms with Crippen LogP contribution in [-0.2, 0) is 13.1 Å². The molecule has 0 bridgehead atoms. The average Bonchev–Trinajstić information content (AvgIpc) is 2.92. The highest BCUT2D eigenvalue weighted by molar-refractivity contribution is 7.10. The summed E-state index contributed by atoms with van der Waals surface area (Å²) in [4.78, 5) is 3.63. The third-order valence-electron chi connectivity index (χ3n) is 2.32. The van der Waals surface area contributed by atoms with Gasteiger partial charge in [0.2, 0.25) is 0 Å². The molecule has 0 atom stereocenters. The van der Waals surface area contributed by atoms with Gasteiger partial charge >= 0.3 is 0 Å². The summed E-state index contributed by atoms with van der Waals surface area (Å²) >= 11 is 3.22. The average molecular weight is 268 g/mol. The number of nitrogens with one attached hydrogen (secondary N) is 1. The lowest BCUT2D eigenvalue weighted by Crippen LogP contribution is -2.17. The Morgan fingerprint density at radius 1 is 1.41 bits per heavy atom. The molecule has 2 aromatic rings. The van der Waals surface area contributed by atoms with Crippen molar-refractivity contribution >= 4 is 27.9 Å². The number of rotatable bonds is 6. The van der Waals surface area contributed by atoms with Gasteiger partial charge in [-0.1, -0.05) is 10.6 Å². The van der Waals surface area contributed by atoms with E-state index in [2.05, 4.69) is 51.3 Å². The van der Waals surface area contributed by atoms with Gasteiger partial charge in [0, 0.05) is 36.0 Å². The van der Waals surface area contributed by atoms with Crippen LogP contribution in [0.1, 0.15) is 17.5 Å². The van der Waals surface area contributed by atoms with Crippen molar-refractivity contribution in [1.29, 1.82) is 0 Å². The number of nitrogens with zero attached hydrogens (tertiary/aromatic N) is 3. The Hall–Kier alpha value is -0.980. The predicted molar refractivity (Wildman–Crippen MR) is 73.6 cm³/mol. The van der Waals surface area contributed by atoms with E-state index < -0.39 is 0 Å². The van der Waals surface area contributed by atoms with E-state index in [4.69, 9.17) is 0 Å². The molecule has 0 aliphatic rings. The van der Waals surface area contributed by atoms with Gasteiger partial charge in [0.25, 0.3) is 0 Å². The minimum absolute atomic E-state index is 0.830. The molecule has 0 spiro atoms. The highest BCUT2D eigenvalue weighted by Gasteiger charge is 2.10. The Balaban J connectivity index is 1.93. The maximum atomic E-state index is 4.17. The van der Waals surface area contributed by atoms with E-state index >= 15 is 0 Å². The Kier molecular flexibility index (Phi) is 4.47. The SMILES string of the molecule is CCNc1snnc1CN(C)Cc1cccs1. The van der Waals surface area contributed by atoms with Gasteiger partial charge in [-0.15, -0.1) is 16.4 Å². The summed E-state index contributed by atoms with van der Waals surface area (Å²) in [6, 6.07) is 4.24. The predicted octanol–water partition coefficient (Wildman–Crippen LogP) is 2.66. The molecule has 92 valence electrons. The van der Waals surface area contributed by atoms with Crippen molar-refractivity contribution in [1.82, 2.24) is 14.5 Å². The van der Waals surface area contributed by atoms with Gasteiger partial charge in [-0.25, -0.2) is 0 Å². The van der Waals surface area contributed by atoms with Gasteiger partial charge < -0.3 is 5.32 Å². The number of anilines is 1. The molecule has 2 heterocycles. The molecule has 0 aromatic carbocycles. The van der Waals surface area contributed by atoms with E-state index in [0.717, 1.165) is 30.3 Å². The highest BCUT2D eigenvalue weighted by atomic mass is 32.1. The summed E-state index contributed by atoms with van der Waals surface area (Å²) in [5.74, 6) is 0. The molecule has 2 rings (SSSR count).